The van der Waals surface area contributed by atoms with E-state index >= 15 is 0 Å². The number of carbonyl (C=O) groups excluding carboxylic acids is 1. The highest BCUT2D eigenvalue weighted by Crippen LogP contribution is 2.49. The van der Waals surface area contributed by atoms with Crippen molar-refractivity contribution in [3.8, 4) is 17.2 Å². The lowest BCUT2D eigenvalue weighted by atomic mass is 9.86. The third kappa shape index (κ3) is 2.20. The largest absolute Gasteiger partial charge is 0.504 e. The highest BCUT2D eigenvalue weighted by molar-refractivity contribution is 5.95. The molecule has 126 valence electrons. The van der Waals surface area contributed by atoms with E-state index in [1.807, 2.05) is 0 Å². The summed E-state index contributed by atoms with van der Waals surface area (Å²) in [7, 11) is 1.22. The number of benzene rings is 1. The molecular weight excluding hydrogens is 312 g/mol. The molecule has 9 nitrogen and oxygen atoms in total. The Labute approximate surface area is 130 Å². The first kappa shape index (κ1) is 15.8. The van der Waals surface area contributed by atoms with Crippen molar-refractivity contribution in [2.45, 2.75) is 30.5 Å². The van der Waals surface area contributed by atoms with Crippen LogP contribution in [0.25, 0.3) is 0 Å². The fraction of sp³-hybridized carbons (Fsp3) is 0.500. The summed E-state index contributed by atoms with van der Waals surface area (Å²) in [4.78, 5) is 12.1. The van der Waals surface area contributed by atoms with Crippen molar-refractivity contribution >= 4 is 5.97 Å². The minimum absolute atomic E-state index is 0.0368. The molecule has 23 heavy (non-hydrogen) atoms. The number of esters is 1. The van der Waals surface area contributed by atoms with Crippen molar-refractivity contribution in [1.82, 2.24) is 0 Å². The van der Waals surface area contributed by atoms with E-state index in [4.69, 9.17) is 14.2 Å². The number of carbonyl (C=O) groups is 1. The van der Waals surface area contributed by atoms with E-state index in [1.54, 1.807) is 0 Å². The summed E-state index contributed by atoms with van der Waals surface area (Å²) in [5.74, 6) is -2.16. The molecule has 2 aliphatic rings. The number of aromatic hydroxyl groups is 2. The lowest BCUT2D eigenvalue weighted by Gasteiger charge is -2.44. The second-order valence-electron chi connectivity index (χ2n) is 5.37. The third-order valence-electron chi connectivity index (χ3n) is 4.09. The normalized spacial score (nSPS) is 32.7. The van der Waals surface area contributed by atoms with E-state index in [2.05, 4.69) is 0 Å². The van der Waals surface area contributed by atoms with Crippen LogP contribution in [0.3, 0.4) is 0 Å². The predicted molar refractivity (Wildman–Crippen MR) is 72.2 cm³/mol. The summed E-state index contributed by atoms with van der Waals surface area (Å²) in [6.45, 7) is -0.583. The quantitative estimate of drug-likeness (QED) is 0.422. The van der Waals surface area contributed by atoms with Crippen molar-refractivity contribution in [2.24, 2.45) is 0 Å². The van der Waals surface area contributed by atoms with Gasteiger partial charge in [-0.1, -0.05) is 0 Å². The summed E-state index contributed by atoms with van der Waals surface area (Å²) < 4.78 is 15.4. The maximum atomic E-state index is 12.1. The zero-order chi connectivity index (χ0) is 16.9. The Morgan fingerprint density at radius 3 is 2.57 bits per heavy atom. The Bertz CT molecular complexity index is 644. The summed E-state index contributed by atoms with van der Waals surface area (Å²) in [5.41, 5.74) is -0.187. The second-order valence-corrected chi connectivity index (χ2v) is 5.37. The molecule has 1 aromatic rings. The number of rotatable bonds is 2. The Kier molecular flexibility index (Phi) is 3.80. The lowest BCUT2D eigenvalue weighted by molar-refractivity contribution is -0.235. The van der Waals surface area contributed by atoms with Gasteiger partial charge >= 0.3 is 5.97 Å². The van der Waals surface area contributed by atoms with Gasteiger partial charge in [-0.3, -0.25) is 0 Å². The Hall–Kier alpha value is -2.07. The third-order valence-corrected chi connectivity index (χ3v) is 4.09. The number of phenolic OH excluding ortho intramolecular Hbond substituents is 2. The van der Waals surface area contributed by atoms with Crippen molar-refractivity contribution in [2.75, 3.05) is 13.7 Å². The number of fused-ring (bicyclic) bond motifs is 3. The number of methoxy groups -OCH3 is 1. The van der Waals surface area contributed by atoms with Crippen LogP contribution in [0.1, 0.15) is 22.0 Å². The van der Waals surface area contributed by atoms with Crippen LogP contribution in [0.15, 0.2) is 6.07 Å². The Morgan fingerprint density at radius 1 is 1.26 bits per heavy atom. The molecule has 5 N–H and O–H groups in total. The molecule has 3 rings (SSSR count). The van der Waals surface area contributed by atoms with Gasteiger partial charge in [0.2, 0.25) is 5.75 Å². The molecule has 1 aromatic carbocycles. The van der Waals surface area contributed by atoms with Crippen molar-refractivity contribution < 1.29 is 44.5 Å². The average molecular weight is 328 g/mol. The van der Waals surface area contributed by atoms with Gasteiger partial charge in [0, 0.05) is 5.56 Å². The molecule has 5 atom stereocenters. The van der Waals surface area contributed by atoms with E-state index < -0.39 is 54.6 Å². The number of phenols is 2. The van der Waals surface area contributed by atoms with Crippen LogP contribution in [-0.4, -0.2) is 69.6 Å². The van der Waals surface area contributed by atoms with Gasteiger partial charge < -0.3 is 39.7 Å². The van der Waals surface area contributed by atoms with E-state index in [0.29, 0.717) is 0 Å². The first-order valence-electron chi connectivity index (χ1n) is 6.87. The summed E-state index contributed by atoms with van der Waals surface area (Å²) in [6.07, 6.45) is -6.50. The van der Waals surface area contributed by atoms with Crippen LogP contribution in [0, 0.1) is 0 Å². The molecule has 2 aliphatic heterocycles. The number of hydrogen-bond acceptors (Lipinski definition) is 9. The summed E-state index contributed by atoms with van der Waals surface area (Å²) in [5, 5.41) is 49.3. The molecule has 0 radical (unpaired) electrons. The summed E-state index contributed by atoms with van der Waals surface area (Å²) >= 11 is 0. The second kappa shape index (κ2) is 5.53. The fourth-order valence-electron chi connectivity index (χ4n) is 2.95. The molecule has 0 aliphatic carbocycles. The van der Waals surface area contributed by atoms with E-state index in [9.17, 15) is 30.3 Å². The molecule has 0 spiro atoms. The minimum atomic E-state index is -1.51. The molecule has 0 amide bonds. The van der Waals surface area contributed by atoms with Crippen LogP contribution in [-0.2, 0) is 9.47 Å². The molecule has 0 saturated carbocycles. The number of aliphatic hydroxyl groups excluding tert-OH is 3. The first-order chi connectivity index (χ1) is 10.9. The maximum Gasteiger partial charge on any atom is 0.339 e. The SMILES string of the molecule is COc1c(O)cc2c(c1O)C1O[C@H](CO)[C@@H](O)[C@H](O)C1OC2=O. The minimum Gasteiger partial charge on any atom is -0.504 e. The van der Waals surface area contributed by atoms with Gasteiger partial charge in [-0.15, -0.1) is 0 Å². The summed E-state index contributed by atoms with van der Waals surface area (Å²) in [6, 6.07) is 1.06. The van der Waals surface area contributed by atoms with Gasteiger partial charge in [-0.2, -0.15) is 0 Å². The molecule has 2 heterocycles. The van der Waals surface area contributed by atoms with Gasteiger partial charge in [-0.05, 0) is 6.07 Å². The monoisotopic (exact) mass is 328 g/mol. The maximum absolute atomic E-state index is 12.1. The smallest absolute Gasteiger partial charge is 0.339 e. The first-order valence-corrected chi connectivity index (χ1v) is 6.87. The van der Waals surface area contributed by atoms with E-state index in [1.165, 1.54) is 7.11 Å². The molecular formula is C14H16O9. The number of aliphatic hydroxyl groups is 3. The Balaban J connectivity index is 2.16. The zero-order valence-corrected chi connectivity index (χ0v) is 12.0. The zero-order valence-electron chi connectivity index (χ0n) is 12.0. The van der Waals surface area contributed by atoms with Crippen molar-refractivity contribution in [3.63, 3.8) is 0 Å². The van der Waals surface area contributed by atoms with Crippen LogP contribution in [0.5, 0.6) is 17.2 Å². The van der Waals surface area contributed by atoms with Crippen LogP contribution >= 0.6 is 0 Å². The number of hydrogen-bond donors (Lipinski definition) is 5. The molecule has 1 fully saturated rings. The average Bonchev–Trinajstić information content (AvgIpc) is 2.52. The molecule has 2 unspecified atom stereocenters. The molecule has 0 bridgehead atoms. The highest BCUT2D eigenvalue weighted by atomic mass is 16.6. The molecule has 0 aromatic heterocycles. The fourth-order valence-corrected chi connectivity index (χ4v) is 2.95. The van der Waals surface area contributed by atoms with Gasteiger partial charge in [0.25, 0.3) is 0 Å². The lowest BCUT2D eigenvalue weighted by Crippen LogP contribution is -2.58. The van der Waals surface area contributed by atoms with Gasteiger partial charge in [0.1, 0.15) is 24.4 Å². The van der Waals surface area contributed by atoms with Crippen molar-refractivity contribution in [1.29, 1.82) is 0 Å². The molecule has 1 saturated heterocycles. The number of ether oxygens (including phenoxy) is 3. The van der Waals surface area contributed by atoms with Gasteiger partial charge in [-0.25, -0.2) is 4.79 Å². The van der Waals surface area contributed by atoms with Crippen LogP contribution in [0.4, 0.5) is 0 Å². The standard InChI is InChI=1S/C14H16O9/c1-21-11-5(16)2-4-7(9(11)18)12-13(23-14(4)20)10(19)8(17)6(3-15)22-12/h2,6,8,10,12-13,15-19H,3H2,1H3/t6-,8-,10+,12?,13?/m1/s1. The highest BCUT2D eigenvalue weighted by Gasteiger charge is 2.52. The van der Waals surface area contributed by atoms with Crippen LogP contribution in [0.2, 0.25) is 0 Å². The molecule has 9 heteroatoms. The Morgan fingerprint density at radius 2 is 1.96 bits per heavy atom. The predicted octanol–water partition coefficient (Wildman–Crippen LogP) is -1.20. The van der Waals surface area contributed by atoms with Gasteiger partial charge in [0.15, 0.2) is 17.6 Å². The van der Waals surface area contributed by atoms with E-state index in [-0.39, 0.29) is 16.9 Å². The van der Waals surface area contributed by atoms with Crippen molar-refractivity contribution in [3.05, 3.63) is 17.2 Å². The van der Waals surface area contributed by atoms with E-state index in [0.717, 1.165) is 6.07 Å². The van der Waals surface area contributed by atoms with Crippen LogP contribution < -0.4 is 4.74 Å². The van der Waals surface area contributed by atoms with Gasteiger partial charge in [0.05, 0.1) is 19.3 Å². The topological polar surface area (TPSA) is 146 Å².